The topological polar surface area (TPSA) is 80.9 Å². The lowest BCUT2D eigenvalue weighted by atomic mass is 10.1. The van der Waals surface area contributed by atoms with Crippen LogP contribution in [0.15, 0.2) is 28.3 Å². The molecule has 0 fully saturated rings. The summed E-state index contributed by atoms with van der Waals surface area (Å²) in [6.07, 6.45) is -4.61. The van der Waals surface area contributed by atoms with E-state index in [1.165, 1.54) is 26.4 Å². The number of alkyl halides is 3. The number of benzene rings is 1. The Morgan fingerprint density at radius 3 is 2.17 bits per heavy atom. The summed E-state index contributed by atoms with van der Waals surface area (Å²) < 4.78 is 49.1. The van der Waals surface area contributed by atoms with Gasteiger partial charge in [0.1, 0.15) is 0 Å². The molecule has 1 aromatic heterocycles. The minimum Gasteiger partial charge on any atom is -0.467 e. The fourth-order valence-corrected chi connectivity index (χ4v) is 2.42. The van der Waals surface area contributed by atoms with Gasteiger partial charge < -0.3 is 9.47 Å². The van der Waals surface area contributed by atoms with E-state index in [4.69, 9.17) is 14.7 Å². The first-order valence-electron chi connectivity index (χ1n) is 6.00. The summed E-state index contributed by atoms with van der Waals surface area (Å²) in [5.41, 5.74) is -1.03. The molecule has 23 heavy (non-hydrogen) atoms. The van der Waals surface area contributed by atoms with Crippen LogP contribution in [0.5, 0.6) is 12.0 Å². The Morgan fingerprint density at radius 1 is 1.09 bits per heavy atom. The molecular formula is C13H9F3N4O2S. The summed E-state index contributed by atoms with van der Waals surface area (Å²) in [6.45, 7) is 0. The van der Waals surface area contributed by atoms with E-state index in [9.17, 15) is 13.2 Å². The lowest BCUT2D eigenvalue weighted by Crippen LogP contribution is -2.08. The molecule has 0 radical (unpaired) electrons. The third-order valence-electron chi connectivity index (χ3n) is 2.55. The number of methoxy groups -OCH3 is 2. The highest BCUT2D eigenvalue weighted by Gasteiger charge is 2.34. The highest BCUT2D eigenvalue weighted by molar-refractivity contribution is 7.99. The van der Waals surface area contributed by atoms with Crippen LogP contribution in [0.3, 0.4) is 0 Å². The van der Waals surface area contributed by atoms with Crippen molar-refractivity contribution < 1.29 is 22.6 Å². The van der Waals surface area contributed by atoms with Crippen molar-refractivity contribution in [1.82, 2.24) is 15.0 Å². The zero-order chi connectivity index (χ0) is 17.0. The molecule has 0 saturated carbocycles. The second-order valence-electron chi connectivity index (χ2n) is 4.01. The van der Waals surface area contributed by atoms with Crippen LogP contribution in [0.2, 0.25) is 0 Å². The molecule has 0 aliphatic carbocycles. The molecule has 0 bridgehead atoms. The highest BCUT2D eigenvalue weighted by Crippen LogP contribution is 2.39. The quantitative estimate of drug-likeness (QED) is 0.845. The summed E-state index contributed by atoms with van der Waals surface area (Å²) in [4.78, 5) is 11.4. The molecule has 0 unspecified atom stereocenters. The molecule has 0 saturated heterocycles. The van der Waals surface area contributed by atoms with Crippen LogP contribution in [0, 0.1) is 11.3 Å². The smallest absolute Gasteiger partial charge is 0.417 e. The molecule has 120 valence electrons. The number of rotatable bonds is 4. The summed E-state index contributed by atoms with van der Waals surface area (Å²) in [5.74, 6) is 0. The van der Waals surface area contributed by atoms with Crippen LogP contribution in [0.1, 0.15) is 11.1 Å². The van der Waals surface area contributed by atoms with Crippen molar-refractivity contribution in [3.63, 3.8) is 0 Å². The van der Waals surface area contributed by atoms with Crippen LogP contribution in [-0.4, -0.2) is 29.2 Å². The molecule has 0 amide bonds. The molecule has 6 nitrogen and oxygen atoms in total. The first-order valence-corrected chi connectivity index (χ1v) is 6.82. The average molecular weight is 342 g/mol. The summed E-state index contributed by atoms with van der Waals surface area (Å²) in [5, 5.41) is 8.73. The molecule has 2 rings (SSSR count). The van der Waals surface area contributed by atoms with Gasteiger partial charge in [-0.15, -0.1) is 4.98 Å². The zero-order valence-electron chi connectivity index (χ0n) is 11.9. The number of halogens is 3. The minimum absolute atomic E-state index is 0.0242. The summed E-state index contributed by atoms with van der Waals surface area (Å²) in [7, 11) is 2.62. The summed E-state index contributed by atoms with van der Waals surface area (Å²) >= 11 is 0.668. The maximum Gasteiger partial charge on any atom is 0.417 e. The number of nitrogens with zero attached hydrogens (tertiary/aromatic N) is 4. The van der Waals surface area contributed by atoms with E-state index in [-0.39, 0.29) is 27.6 Å². The third kappa shape index (κ3) is 4.01. The number of nitriles is 1. The monoisotopic (exact) mass is 342 g/mol. The predicted molar refractivity (Wildman–Crippen MR) is 73.2 cm³/mol. The zero-order valence-corrected chi connectivity index (χ0v) is 12.7. The number of aromatic nitrogens is 3. The van der Waals surface area contributed by atoms with Crippen molar-refractivity contribution >= 4 is 11.8 Å². The number of hydrogen-bond acceptors (Lipinski definition) is 7. The first kappa shape index (κ1) is 16.8. The van der Waals surface area contributed by atoms with Gasteiger partial charge in [0.05, 0.1) is 31.4 Å². The van der Waals surface area contributed by atoms with E-state index in [0.29, 0.717) is 11.8 Å². The van der Waals surface area contributed by atoms with Gasteiger partial charge in [0.15, 0.2) is 0 Å². The van der Waals surface area contributed by atoms with Crippen molar-refractivity contribution in [2.24, 2.45) is 0 Å². The van der Waals surface area contributed by atoms with Crippen molar-refractivity contribution in [1.29, 1.82) is 5.26 Å². The normalized spacial score (nSPS) is 11.0. The van der Waals surface area contributed by atoms with Gasteiger partial charge in [0.2, 0.25) is 5.16 Å². The van der Waals surface area contributed by atoms with E-state index in [1.807, 2.05) is 0 Å². The van der Waals surface area contributed by atoms with Crippen molar-refractivity contribution in [2.45, 2.75) is 16.2 Å². The second kappa shape index (κ2) is 6.70. The fourth-order valence-electron chi connectivity index (χ4n) is 1.56. The van der Waals surface area contributed by atoms with Crippen LogP contribution in [0.4, 0.5) is 13.2 Å². The van der Waals surface area contributed by atoms with Gasteiger partial charge in [-0.05, 0) is 30.0 Å². The molecule has 0 aliphatic rings. The van der Waals surface area contributed by atoms with E-state index in [0.717, 1.165) is 6.07 Å². The average Bonchev–Trinajstić information content (AvgIpc) is 2.53. The largest absolute Gasteiger partial charge is 0.467 e. The van der Waals surface area contributed by atoms with E-state index >= 15 is 0 Å². The number of ether oxygens (including phenoxy) is 2. The van der Waals surface area contributed by atoms with Crippen molar-refractivity contribution in [3.05, 3.63) is 29.3 Å². The first-order chi connectivity index (χ1) is 10.9. The lowest BCUT2D eigenvalue weighted by Gasteiger charge is -2.12. The minimum atomic E-state index is -4.61. The Bertz CT molecular complexity index is 740. The Hall–Kier alpha value is -2.54. The van der Waals surface area contributed by atoms with Crippen LogP contribution in [0.25, 0.3) is 0 Å². The Labute approximate surface area is 133 Å². The van der Waals surface area contributed by atoms with E-state index in [2.05, 4.69) is 15.0 Å². The Kier molecular flexibility index (Phi) is 4.90. The lowest BCUT2D eigenvalue weighted by molar-refractivity contribution is -0.139. The maximum atomic E-state index is 13.1. The molecule has 0 N–H and O–H groups in total. The molecular weight excluding hydrogens is 333 g/mol. The molecule has 0 atom stereocenters. The van der Waals surface area contributed by atoms with Gasteiger partial charge >= 0.3 is 18.2 Å². The van der Waals surface area contributed by atoms with Crippen LogP contribution in [-0.2, 0) is 6.18 Å². The molecule has 0 aliphatic heterocycles. The predicted octanol–water partition coefficient (Wildman–Crippen LogP) is 2.93. The molecule has 2 aromatic rings. The van der Waals surface area contributed by atoms with Gasteiger partial charge in [0.25, 0.3) is 0 Å². The van der Waals surface area contributed by atoms with E-state index < -0.39 is 11.7 Å². The van der Waals surface area contributed by atoms with Crippen LogP contribution < -0.4 is 9.47 Å². The van der Waals surface area contributed by atoms with Gasteiger partial charge in [-0.3, -0.25) is 0 Å². The molecule has 1 aromatic carbocycles. The van der Waals surface area contributed by atoms with E-state index in [1.54, 1.807) is 6.07 Å². The van der Waals surface area contributed by atoms with Gasteiger partial charge in [-0.25, -0.2) is 0 Å². The molecule has 0 spiro atoms. The van der Waals surface area contributed by atoms with Gasteiger partial charge in [-0.2, -0.15) is 28.4 Å². The number of hydrogen-bond donors (Lipinski definition) is 0. The Morgan fingerprint density at radius 2 is 1.70 bits per heavy atom. The standard InChI is InChI=1S/C13H9F3N4O2S/c1-21-10-18-11(22-2)20-12(19-10)23-9-4-3-7(6-17)5-8(9)13(14,15)16/h3-5H,1-2H3. The van der Waals surface area contributed by atoms with Gasteiger partial charge in [0, 0.05) is 4.90 Å². The highest BCUT2D eigenvalue weighted by atomic mass is 32.2. The Balaban J connectivity index is 2.46. The van der Waals surface area contributed by atoms with Crippen molar-refractivity contribution in [2.75, 3.05) is 14.2 Å². The van der Waals surface area contributed by atoms with Crippen LogP contribution >= 0.6 is 11.8 Å². The molecule has 10 heteroatoms. The fraction of sp³-hybridized carbons (Fsp3) is 0.231. The SMILES string of the molecule is COc1nc(OC)nc(Sc2ccc(C#N)cc2C(F)(F)F)n1. The molecule has 1 heterocycles. The second-order valence-corrected chi connectivity index (χ2v) is 5.02. The van der Waals surface area contributed by atoms with Gasteiger partial charge in [-0.1, -0.05) is 0 Å². The third-order valence-corrected chi connectivity index (χ3v) is 3.50. The van der Waals surface area contributed by atoms with Crippen molar-refractivity contribution in [3.8, 4) is 18.1 Å². The maximum absolute atomic E-state index is 13.1. The summed E-state index contributed by atoms with van der Waals surface area (Å²) in [6, 6.07) is 4.76.